The molecule has 1 aliphatic carbocycles. The van der Waals surface area contributed by atoms with E-state index in [9.17, 15) is 5.11 Å². The number of nitrogens with zero attached hydrogens (tertiary/aromatic N) is 1. The lowest BCUT2D eigenvalue weighted by atomic mass is 9.84. The van der Waals surface area contributed by atoms with Gasteiger partial charge in [-0.2, -0.15) is 0 Å². The van der Waals surface area contributed by atoms with Gasteiger partial charge in [0.15, 0.2) is 0 Å². The monoisotopic (exact) mass is 249 g/mol. The molecule has 0 radical (unpaired) electrons. The molecule has 0 aromatic carbocycles. The Morgan fingerprint density at radius 2 is 2.33 bits per heavy atom. The zero-order chi connectivity index (χ0) is 13.2. The van der Waals surface area contributed by atoms with Gasteiger partial charge in [0.05, 0.1) is 11.7 Å². The van der Waals surface area contributed by atoms with Crippen molar-refractivity contribution >= 4 is 0 Å². The molecule has 0 saturated carbocycles. The van der Waals surface area contributed by atoms with Crippen LogP contribution in [0.15, 0.2) is 18.3 Å². The number of pyridine rings is 1. The van der Waals surface area contributed by atoms with Crippen LogP contribution in [0.25, 0.3) is 0 Å². The SMILES string of the molecule is CCOC(C)(CC)C(O)C1CCc2cccnc21. The number of fused-ring (bicyclic) bond motifs is 1. The van der Waals surface area contributed by atoms with Crippen LogP contribution in [0.2, 0.25) is 0 Å². The van der Waals surface area contributed by atoms with Gasteiger partial charge in [0, 0.05) is 24.4 Å². The van der Waals surface area contributed by atoms with Crippen LogP contribution in [0.1, 0.15) is 50.8 Å². The highest BCUT2D eigenvalue weighted by atomic mass is 16.5. The highest BCUT2D eigenvalue weighted by Crippen LogP contribution is 2.39. The molecule has 18 heavy (non-hydrogen) atoms. The van der Waals surface area contributed by atoms with Gasteiger partial charge < -0.3 is 9.84 Å². The Balaban J connectivity index is 2.22. The van der Waals surface area contributed by atoms with Gasteiger partial charge in [0.25, 0.3) is 0 Å². The number of aliphatic hydroxyl groups is 1. The third-order valence-electron chi connectivity index (χ3n) is 4.18. The quantitative estimate of drug-likeness (QED) is 0.872. The number of hydrogen-bond donors (Lipinski definition) is 1. The number of hydrogen-bond acceptors (Lipinski definition) is 3. The van der Waals surface area contributed by atoms with Gasteiger partial charge in [0.2, 0.25) is 0 Å². The highest BCUT2D eigenvalue weighted by molar-refractivity contribution is 5.30. The summed E-state index contributed by atoms with van der Waals surface area (Å²) in [5, 5.41) is 10.7. The summed E-state index contributed by atoms with van der Waals surface area (Å²) in [5.74, 6) is 0.109. The fraction of sp³-hybridized carbons (Fsp3) is 0.667. The topological polar surface area (TPSA) is 42.4 Å². The lowest BCUT2D eigenvalue weighted by Crippen LogP contribution is -2.45. The molecule has 0 amide bonds. The Morgan fingerprint density at radius 3 is 3.00 bits per heavy atom. The molecule has 1 aromatic heterocycles. The van der Waals surface area contributed by atoms with Crippen molar-refractivity contribution in [3.05, 3.63) is 29.6 Å². The van der Waals surface area contributed by atoms with E-state index in [-0.39, 0.29) is 5.92 Å². The summed E-state index contributed by atoms with van der Waals surface area (Å²) in [6.07, 6.45) is 4.11. The molecule has 0 saturated heterocycles. The van der Waals surface area contributed by atoms with Crippen LogP contribution in [0.5, 0.6) is 0 Å². The third-order valence-corrected chi connectivity index (χ3v) is 4.18. The van der Waals surface area contributed by atoms with Crippen molar-refractivity contribution in [2.45, 2.75) is 57.7 Å². The van der Waals surface area contributed by atoms with Crippen molar-refractivity contribution in [3.63, 3.8) is 0 Å². The van der Waals surface area contributed by atoms with Gasteiger partial charge >= 0.3 is 0 Å². The van der Waals surface area contributed by atoms with Crippen LogP contribution < -0.4 is 0 Å². The summed E-state index contributed by atoms with van der Waals surface area (Å²) in [4.78, 5) is 4.45. The number of aromatic nitrogens is 1. The maximum Gasteiger partial charge on any atom is 0.0916 e. The van der Waals surface area contributed by atoms with Gasteiger partial charge in [-0.1, -0.05) is 13.0 Å². The summed E-state index contributed by atoms with van der Waals surface area (Å²) in [6.45, 7) is 6.67. The molecule has 0 aliphatic heterocycles. The van der Waals surface area contributed by atoms with Gasteiger partial charge in [-0.3, -0.25) is 4.98 Å². The summed E-state index contributed by atoms with van der Waals surface area (Å²) >= 11 is 0. The van der Waals surface area contributed by atoms with Crippen LogP contribution in [-0.4, -0.2) is 28.4 Å². The molecule has 3 heteroatoms. The zero-order valence-electron chi connectivity index (χ0n) is 11.5. The molecule has 0 fully saturated rings. The van der Waals surface area contributed by atoms with E-state index < -0.39 is 11.7 Å². The molecule has 1 N–H and O–H groups in total. The van der Waals surface area contributed by atoms with Gasteiger partial charge in [0.1, 0.15) is 0 Å². The van der Waals surface area contributed by atoms with Crippen molar-refractivity contribution in [1.82, 2.24) is 4.98 Å². The minimum Gasteiger partial charge on any atom is -0.389 e. The van der Waals surface area contributed by atoms with E-state index in [4.69, 9.17) is 4.74 Å². The van der Waals surface area contributed by atoms with Crippen LogP contribution in [0, 0.1) is 0 Å². The zero-order valence-corrected chi connectivity index (χ0v) is 11.5. The van der Waals surface area contributed by atoms with Crippen molar-refractivity contribution in [3.8, 4) is 0 Å². The first-order valence-electron chi connectivity index (χ1n) is 6.88. The fourth-order valence-electron chi connectivity index (χ4n) is 2.90. The van der Waals surface area contributed by atoms with Crippen molar-refractivity contribution < 1.29 is 9.84 Å². The predicted octanol–water partition coefficient (Wildman–Crippen LogP) is 2.68. The molecule has 1 aromatic rings. The summed E-state index contributed by atoms with van der Waals surface area (Å²) in [6, 6.07) is 4.08. The van der Waals surface area contributed by atoms with Gasteiger partial charge in [-0.25, -0.2) is 0 Å². The van der Waals surface area contributed by atoms with E-state index >= 15 is 0 Å². The Kier molecular flexibility index (Phi) is 4.03. The molecule has 2 rings (SSSR count). The normalized spacial score (nSPS) is 23.4. The highest BCUT2D eigenvalue weighted by Gasteiger charge is 2.41. The minimum atomic E-state index is -0.487. The van der Waals surface area contributed by atoms with E-state index in [0.717, 1.165) is 25.0 Å². The van der Waals surface area contributed by atoms with E-state index in [1.54, 1.807) is 0 Å². The molecule has 0 spiro atoms. The summed E-state index contributed by atoms with van der Waals surface area (Å²) in [5.41, 5.74) is 1.86. The fourth-order valence-corrected chi connectivity index (χ4v) is 2.90. The number of aliphatic hydroxyl groups excluding tert-OH is 1. The van der Waals surface area contributed by atoms with Crippen LogP contribution in [0.4, 0.5) is 0 Å². The summed E-state index contributed by atoms with van der Waals surface area (Å²) < 4.78 is 5.79. The smallest absolute Gasteiger partial charge is 0.0916 e. The molecule has 3 unspecified atom stereocenters. The molecule has 1 aliphatic rings. The van der Waals surface area contributed by atoms with E-state index in [0.29, 0.717) is 6.61 Å². The lowest BCUT2D eigenvalue weighted by Gasteiger charge is -2.36. The molecule has 3 nitrogen and oxygen atoms in total. The van der Waals surface area contributed by atoms with Crippen LogP contribution in [0.3, 0.4) is 0 Å². The molecule has 0 bridgehead atoms. The van der Waals surface area contributed by atoms with Crippen LogP contribution >= 0.6 is 0 Å². The van der Waals surface area contributed by atoms with Gasteiger partial charge in [-0.15, -0.1) is 0 Å². The van der Waals surface area contributed by atoms with E-state index in [2.05, 4.69) is 18.0 Å². The first-order chi connectivity index (χ1) is 8.62. The Morgan fingerprint density at radius 1 is 1.56 bits per heavy atom. The van der Waals surface area contributed by atoms with Crippen LogP contribution in [-0.2, 0) is 11.2 Å². The first-order valence-corrected chi connectivity index (χ1v) is 6.88. The maximum atomic E-state index is 10.7. The molecule has 100 valence electrons. The average Bonchev–Trinajstić information content (AvgIpc) is 2.81. The average molecular weight is 249 g/mol. The second-order valence-electron chi connectivity index (χ2n) is 5.24. The minimum absolute atomic E-state index is 0.109. The Labute approximate surface area is 109 Å². The number of aryl methyl sites for hydroxylation is 1. The molecular formula is C15H23NO2. The third kappa shape index (κ3) is 2.29. The molecule has 3 atom stereocenters. The van der Waals surface area contributed by atoms with Gasteiger partial charge in [-0.05, 0) is 44.7 Å². The Hall–Kier alpha value is -0.930. The first kappa shape index (κ1) is 13.5. The number of rotatable bonds is 5. The van der Waals surface area contributed by atoms with E-state index in [1.165, 1.54) is 5.56 Å². The van der Waals surface area contributed by atoms with Crippen molar-refractivity contribution in [2.24, 2.45) is 0 Å². The maximum absolute atomic E-state index is 10.7. The second-order valence-corrected chi connectivity index (χ2v) is 5.24. The standard InChI is InChI=1S/C15H23NO2/c1-4-15(3,18-5-2)14(17)12-9-8-11-7-6-10-16-13(11)12/h6-7,10,12,14,17H,4-5,8-9H2,1-3H3. The van der Waals surface area contributed by atoms with Crippen molar-refractivity contribution in [2.75, 3.05) is 6.61 Å². The lowest BCUT2D eigenvalue weighted by molar-refractivity contribution is -0.119. The predicted molar refractivity (Wildman–Crippen MR) is 71.6 cm³/mol. The molecule has 1 heterocycles. The molecular weight excluding hydrogens is 226 g/mol. The van der Waals surface area contributed by atoms with E-state index in [1.807, 2.05) is 26.1 Å². The summed E-state index contributed by atoms with van der Waals surface area (Å²) in [7, 11) is 0. The largest absolute Gasteiger partial charge is 0.389 e. The second kappa shape index (κ2) is 5.37. The number of ether oxygens (including phenoxy) is 1. The van der Waals surface area contributed by atoms with Crippen molar-refractivity contribution in [1.29, 1.82) is 0 Å². The Bertz CT molecular complexity index is 407.